The normalized spacial score (nSPS) is 20.8. The van der Waals surface area contributed by atoms with Crippen LogP contribution in [-0.2, 0) is 18.4 Å². The quantitative estimate of drug-likeness (QED) is 0.833. The van der Waals surface area contributed by atoms with Gasteiger partial charge >= 0.3 is 0 Å². The van der Waals surface area contributed by atoms with Crippen LogP contribution in [0.3, 0.4) is 0 Å². The summed E-state index contributed by atoms with van der Waals surface area (Å²) in [6, 6.07) is 2.43. The molecule has 1 aliphatic heterocycles. The van der Waals surface area contributed by atoms with E-state index in [2.05, 4.69) is 29.2 Å². The molecule has 136 valence electrons. The van der Waals surface area contributed by atoms with E-state index < -0.39 is 0 Å². The first-order valence-electron chi connectivity index (χ1n) is 9.02. The Labute approximate surface area is 149 Å². The molecule has 25 heavy (non-hydrogen) atoms. The van der Waals surface area contributed by atoms with E-state index >= 15 is 0 Å². The first kappa shape index (κ1) is 17.7. The molecule has 1 amide bonds. The van der Waals surface area contributed by atoms with Gasteiger partial charge in [-0.2, -0.15) is 5.10 Å². The van der Waals surface area contributed by atoms with Crippen molar-refractivity contribution in [3.8, 4) is 0 Å². The van der Waals surface area contributed by atoms with Gasteiger partial charge in [-0.15, -0.1) is 0 Å². The van der Waals surface area contributed by atoms with Crippen molar-refractivity contribution in [3.63, 3.8) is 0 Å². The maximum Gasteiger partial charge on any atom is 0.223 e. The summed E-state index contributed by atoms with van der Waals surface area (Å²) in [6.45, 7) is 8.54. The second-order valence-electron chi connectivity index (χ2n) is 6.98. The summed E-state index contributed by atoms with van der Waals surface area (Å²) >= 11 is 0. The van der Waals surface area contributed by atoms with Crippen molar-refractivity contribution in [2.75, 3.05) is 13.1 Å². The van der Waals surface area contributed by atoms with Crippen LogP contribution in [0.1, 0.15) is 50.8 Å². The van der Waals surface area contributed by atoms with Gasteiger partial charge in [-0.25, -0.2) is 4.98 Å². The second-order valence-corrected chi connectivity index (χ2v) is 6.98. The highest BCUT2D eigenvalue weighted by Crippen LogP contribution is 2.36. The van der Waals surface area contributed by atoms with Gasteiger partial charge in [0.15, 0.2) is 0 Å². The Morgan fingerprint density at radius 3 is 2.80 bits per heavy atom. The fourth-order valence-electron chi connectivity index (χ4n) is 3.76. The molecule has 0 saturated carbocycles. The summed E-state index contributed by atoms with van der Waals surface area (Å²) in [5, 5.41) is 7.90. The van der Waals surface area contributed by atoms with Crippen molar-refractivity contribution in [1.29, 1.82) is 0 Å². The number of imidazole rings is 1. The van der Waals surface area contributed by atoms with E-state index in [4.69, 9.17) is 0 Å². The Bertz CT molecular complexity index is 719. The maximum atomic E-state index is 12.4. The molecule has 1 fully saturated rings. The lowest BCUT2D eigenvalue weighted by molar-refractivity contribution is -0.128. The monoisotopic (exact) mass is 344 g/mol. The molecule has 7 heteroatoms. The lowest BCUT2D eigenvalue weighted by Gasteiger charge is -2.27. The van der Waals surface area contributed by atoms with Crippen molar-refractivity contribution in [2.24, 2.45) is 13.0 Å². The minimum Gasteiger partial charge on any atom is -0.336 e. The van der Waals surface area contributed by atoms with E-state index in [1.807, 2.05) is 46.6 Å². The smallest absolute Gasteiger partial charge is 0.223 e. The van der Waals surface area contributed by atoms with E-state index in [0.717, 1.165) is 18.9 Å². The summed E-state index contributed by atoms with van der Waals surface area (Å²) in [7, 11) is 1.99. The van der Waals surface area contributed by atoms with Crippen LogP contribution in [0.4, 0.5) is 0 Å². The maximum absolute atomic E-state index is 12.4. The molecule has 1 N–H and O–H groups in total. The number of carbonyl (C=O) groups excluding carboxylic acids is 1. The lowest BCUT2D eigenvalue weighted by Crippen LogP contribution is -2.33. The highest BCUT2D eigenvalue weighted by atomic mass is 16.2. The highest BCUT2D eigenvalue weighted by Gasteiger charge is 2.41. The molecular weight excluding hydrogens is 316 g/mol. The molecule has 0 bridgehead atoms. The molecular formula is C18H28N6O. The Hall–Kier alpha value is -2.15. The number of hydrogen-bond acceptors (Lipinski definition) is 4. The zero-order chi connectivity index (χ0) is 18.0. The molecule has 0 radical (unpaired) electrons. The first-order valence-corrected chi connectivity index (χ1v) is 9.02. The summed E-state index contributed by atoms with van der Waals surface area (Å²) in [6.07, 6.45) is 6.16. The molecule has 0 spiro atoms. The molecule has 1 aliphatic rings. The number of rotatable bonds is 7. The first-order chi connectivity index (χ1) is 12.0. The summed E-state index contributed by atoms with van der Waals surface area (Å²) in [5.74, 6) is 1.41. The van der Waals surface area contributed by atoms with Crippen LogP contribution in [0, 0.1) is 5.92 Å². The number of aryl methyl sites for hydroxylation is 1. The van der Waals surface area contributed by atoms with Gasteiger partial charge in [-0.3, -0.25) is 9.48 Å². The average Bonchev–Trinajstić information content (AvgIpc) is 3.26. The Morgan fingerprint density at radius 1 is 1.36 bits per heavy atom. The van der Waals surface area contributed by atoms with Crippen molar-refractivity contribution in [2.45, 2.75) is 45.8 Å². The highest BCUT2D eigenvalue weighted by molar-refractivity contribution is 5.79. The van der Waals surface area contributed by atoms with E-state index in [1.54, 1.807) is 6.20 Å². The molecule has 2 aromatic rings. The zero-order valence-electron chi connectivity index (χ0n) is 15.5. The van der Waals surface area contributed by atoms with Gasteiger partial charge < -0.3 is 14.8 Å². The van der Waals surface area contributed by atoms with Crippen LogP contribution < -0.4 is 5.32 Å². The van der Waals surface area contributed by atoms with Crippen molar-refractivity contribution in [3.05, 3.63) is 36.2 Å². The summed E-state index contributed by atoms with van der Waals surface area (Å²) < 4.78 is 4.05. The number of hydrogen-bond donors (Lipinski definition) is 1. The van der Waals surface area contributed by atoms with Gasteiger partial charge in [0.25, 0.3) is 0 Å². The van der Waals surface area contributed by atoms with Crippen molar-refractivity contribution >= 4 is 5.91 Å². The largest absolute Gasteiger partial charge is 0.336 e. The van der Waals surface area contributed by atoms with Crippen LogP contribution in [-0.4, -0.2) is 43.2 Å². The van der Waals surface area contributed by atoms with Crippen LogP contribution in [0.15, 0.2) is 24.7 Å². The molecule has 2 atom stereocenters. The van der Waals surface area contributed by atoms with Gasteiger partial charge in [-0.05, 0) is 26.8 Å². The van der Waals surface area contributed by atoms with Crippen LogP contribution in [0.25, 0.3) is 0 Å². The van der Waals surface area contributed by atoms with E-state index in [-0.39, 0.29) is 17.9 Å². The number of nitrogens with zero attached hydrogens (tertiary/aromatic N) is 5. The molecule has 3 heterocycles. The minimum absolute atomic E-state index is 0.0417. The molecule has 1 saturated heterocycles. The topological polar surface area (TPSA) is 68.0 Å². The van der Waals surface area contributed by atoms with Crippen molar-refractivity contribution in [1.82, 2.24) is 29.5 Å². The average molecular weight is 344 g/mol. The Kier molecular flexibility index (Phi) is 5.22. The van der Waals surface area contributed by atoms with Crippen LogP contribution in [0.5, 0.6) is 0 Å². The Morgan fingerprint density at radius 2 is 2.16 bits per heavy atom. The third-order valence-corrected chi connectivity index (χ3v) is 4.96. The lowest BCUT2D eigenvalue weighted by atomic mass is 9.99. The van der Waals surface area contributed by atoms with Crippen LogP contribution >= 0.6 is 0 Å². The second kappa shape index (κ2) is 7.39. The SMILES string of the molecule is CCN1C(=O)C[C@@H](CNCc2ccnn2C(C)C)[C@@H]1c1nccn1C. The van der Waals surface area contributed by atoms with Gasteiger partial charge in [0, 0.05) is 63.7 Å². The predicted molar refractivity (Wildman–Crippen MR) is 95.8 cm³/mol. The number of amides is 1. The van der Waals surface area contributed by atoms with Crippen molar-refractivity contribution < 1.29 is 4.79 Å². The van der Waals surface area contributed by atoms with E-state index in [9.17, 15) is 4.79 Å². The van der Waals surface area contributed by atoms with Gasteiger partial charge in [0.1, 0.15) is 5.82 Å². The number of nitrogens with one attached hydrogen (secondary N) is 1. The Balaban J connectivity index is 1.69. The summed E-state index contributed by atoms with van der Waals surface area (Å²) in [4.78, 5) is 18.9. The third kappa shape index (κ3) is 3.46. The number of carbonyl (C=O) groups is 1. The number of likely N-dealkylation sites (tertiary alicyclic amines) is 1. The fourth-order valence-corrected chi connectivity index (χ4v) is 3.76. The fraction of sp³-hybridized carbons (Fsp3) is 0.611. The predicted octanol–water partition coefficient (Wildman–Crippen LogP) is 1.90. The van der Waals surface area contributed by atoms with Crippen LogP contribution in [0.2, 0.25) is 0 Å². The molecule has 0 aliphatic carbocycles. The molecule has 0 aromatic carbocycles. The van der Waals surface area contributed by atoms with E-state index in [1.165, 1.54) is 5.69 Å². The molecule has 7 nitrogen and oxygen atoms in total. The van der Waals surface area contributed by atoms with Gasteiger partial charge in [0.05, 0.1) is 11.7 Å². The van der Waals surface area contributed by atoms with E-state index in [0.29, 0.717) is 19.0 Å². The molecule has 3 rings (SSSR count). The summed E-state index contributed by atoms with van der Waals surface area (Å²) in [5.41, 5.74) is 1.17. The molecule has 2 aromatic heterocycles. The number of aromatic nitrogens is 4. The minimum atomic E-state index is 0.0417. The third-order valence-electron chi connectivity index (χ3n) is 4.96. The van der Waals surface area contributed by atoms with Gasteiger partial charge in [-0.1, -0.05) is 0 Å². The molecule has 0 unspecified atom stereocenters. The zero-order valence-corrected chi connectivity index (χ0v) is 15.5. The van der Waals surface area contributed by atoms with Gasteiger partial charge in [0.2, 0.25) is 5.91 Å². The standard InChI is InChI=1S/C18H28N6O/c1-5-23-16(25)10-14(17(23)18-20-8-9-22(18)4)11-19-12-15-6-7-21-24(15)13(2)3/h6-9,13-14,17,19H,5,10-12H2,1-4H3/t14-,17+/m0/s1.